The standard InChI is InChI=1S/C29H37N3O10/c33-15-23-24(35)25(36)29(41,42-23)16-30-20(13-18-8-10-19(34)11-9-18)27(38)32-12-4-7-22(32)26(37)31-21(28(39)40)14-17-5-2-1-3-6-17/h1-3,5-6,8-11,20-25,30,33-36,41H,4,7,12-16H2,(H,31,37)(H,39,40)/t20-,21-,22-,23+,24+,25-,29-/m0/s1. The number of phenolic OH excluding ortho intramolecular Hbond substituents is 1. The number of rotatable bonds is 12. The molecule has 0 aromatic heterocycles. The molecule has 13 nitrogen and oxygen atoms in total. The number of aromatic hydroxyl groups is 1. The van der Waals surface area contributed by atoms with Crippen molar-refractivity contribution in [2.24, 2.45) is 0 Å². The van der Waals surface area contributed by atoms with Gasteiger partial charge < -0.3 is 50.9 Å². The highest BCUT2D eigenvalue weighted by molar-refractivity contribution is 5.92. The van der Waals surface area contributed by atoms with Crippen molar-refractivity contribution in [3.63, 3.8) is 0 Å². The van der Waals surface area contributed by atoms with Gasteiger partial charge in [-0.3, -0.25) is 9.59 Å². The summed E-state index contributed by atoms with van der Waals surface area (Å²) in [6, 6.07) is 11.8. The quantitative estimate of drug-likeness (QED) is 0.143. The van der Waals surface area contributed by atoms with Crippen LogP contribution in [-0.4, -0.2) is 115 Å². The van der Waals surface area contributed by atoms with E-state index in [1.165, 1.54) is 17.0 Å². The fourth-order valence-electron chi connectivity index (χ4n) is 5.37. The number of ether oxygens (including phenoxy) is 1. The van der Waals surface area contributed by atoms with Gasteiger partial charge in [0.1, 0.15) is 36.1 Å². The lowest BCUT2D eigenvalue weighted by molar-refractivity contribution is -0.227. The number of benzene rings is 2. The Labute approximate surface area is 242 Å². The summed E-state index contributed by atoms with van der Waals surface area (Å²) in [6.07, 6.45) is -3.61. The zero-order chi connectivity index (χ0) is 30.4. The first kappa shape index (κ1) is 31.3. The van der Waals surface area contributed by atoms with Gasteiger partial charge in [0.05, 0.1) is 19.2 Å². The fraction of sp³-hybridized carbons (Fsp3) is 0.483. The van der Waals surface area contributed by atoms with Crippen LogP contribution in [0, 0.1) is 0 Å². The average molecular weight is 588 g/mol. The topological polar surface area (TPSA) is 209 Å². The number of likely N-dealkylation sites (tertiary alicyclic amines) is 1. The van der Waals surface area contributed by atoms with Crippen molar-refractivity contribution >= 4 is 17.8 Å². The molecule has 4 rings (SSSR count). The second-order valence-electron chi connectivity index (χ2n) is 10.7. The van der Waals surface area contributed by atoms with Crippen molar-refractivity contribution in [1.29, 1.82) is 0 Å². The molecule has 2 aromatic carbocycles. The maximum Gasteiger partial charge on any atom is 0.326 e. The number of aliphatic hydroxyl groups is 4. The number of carbonyl (C=O) groups excluding carboxylic acids is 2. The molecule has 2 aliphatic rings. The number of hydrogen-bond acceptors (Lipinski definition) is 10. The summed E-state index contributed by atoms with van der Waals surface area (Å²) in [4.78, 5) is 40.4. The zero-order valence-corrected chi connectivity index (χ0v) is 22.9. The Balaban J connectivity index is 1.50. The molecule has 0 unspecified atom stereocenters. The number of aliphatic hydroxyl groups excluding tert-OH is 3. The summed E-state index contributed by atoms with van der Waals surface area (Å²) in [5, 5.41) is 65.5. The smallest absolute Gasteiger partial charge is 0.326 e. The second kappa shape index (κ2) is 13.6. The SMILES string of the molecule is O=C(O)[C@H](Cc1ccccc1)NC(=O)[C@@H]1CCCN1C(=O)[C@H](Cc1ccc(O)cc1)NC[C@]1(O)O[C@H](CO)[C@@H](O)[C@@H]1O. The number of phenols is 1. The van der Waals surface area contributed by atoms with Crippen molar-refractivity contribution in [1.82, 2.24) is 15.5 Å². The minimum atomic E-state index is -2.31. The molecule has 0 radical (unpaired) electrons. The molecule has 2 heterocycles. The van der Waals surface area contributed by atoms with Crippen LogP contribution in [0.3, 0.4) is 0 Å². The number of carboxylic acid groups (broad SMARTS) is 1. The van der Waals surface area contributed by atoms with Gasteiger partial charge in [-0.05, 0) is 42.5 Å². The van der Waals surface area contributed by atoms with Crippen LogP contribution in [0.4, 0.5) is 0 Å². The van der Waals surface area contributed by atoms with Crippen LogP contribution < -0.4 is 10.6 Å². The zero-order valence-electron chi connectivity index (χ0n) is 22.9. The van der Waals surface area contributed by atoms with E-state index in [0.717, 1.165) is 5.56 Å². The molecule has 0 aliphatic carbocycles. The summed E-state index contributed by atoms with van der Waals surface area (Å²) >= 11 is 0. The number of nitrogens with zero attached hydrogens (tertiary/aromatic N) is 1. The third kappa shape index (κ3) is 7.24. The van der Waals surface area contributed by atoms with E-state index in [2.05, 4.69) is 10.6 Å². The third-order valence-electron chi connectivity index (χ3n) is 7.71. The molecule has 2 fully saturated rings. The molecule has 2 saturated heterocycles. The van der Waals surface area contributed by atoms with E-state index in [1.807, 2.05) is 0 Å². The van der Waals surface area contributed by atoms with Gasteiger partial charge in [0.2, 0.25) is 17.6 Å². The third-order valence-corrected chi connectivity index (χ3v) is 7.71. The highest BCUT2D eigenvalue weighted by Crippen LogP contribution is 2.29. The lowest BCUT2D eigenvalue weighted by Crippen LogP contribution is -2.58. The molecular formula is C29H37N3O10. The molecule has 13 heteroatoms. The minimum Gasteiger partial charge on any atom is -0.508 e. The number of hydrogen-bond donors (Lipinski definition) is 8. The average Bonchev–Trinajstić information content (AvgIpc) is 3.56. The van der Waals surface area contributed by atoms with E-state index in [4.69, 9.17) is 4.74 Å². The summed E-state index contributed by atoms with van der Waals surface area (Å²) < 4.78 is 5.28. The normalized spacial score (nSPS) is 27.0. The van der Waals surface area contributed by atoms with Crippen LogP contribution in [0.1, 0.15) is 24.0 Å². The Bertz CT molecular complexity index is 1230. The Kier molecular flexibility index (Phi) is 10.1. The fourth-order valence-corrected chi connectivity index (χ4v) is 5.37. The summed E-state index contributed by atoms with van der Waals surface area (Å²) in [6.45, 7) is -0.919. The number of nitrogens with one attached hydrogen (secondary N) is 2. The summed E-state index contributed by atoms with van der Waals surface area (Å²) in [5.74, 6) is -4.61. The monoisotopic (exact) mass is 587 g/mol. The number of carbonyl (C=O) groups is 3. The van der Waals surface area contributed by atoms with Gasteiger partial charge in [-0.1, -0.05) is 42.5 Å². The maximum absolute atomic E-state index is 13.9. The molecule has 8 N–H and O–H groups in total. The predicted octanol–water partition coefficient (Wildman–Crippen LogP) is -1.50. The molecule has 0 saturated carbocycles. The molecule has 7 atom stereocenters. The van der Waals surface area contributed by atoms with Gasteiger partial charge in [0, 0.05) is 13.0 Å². The highest BCUT2D eigenvalue weighted by Gasteiger charge is 2.53. The van der Waals surface area contributed by atoms with Crippen molar-refractivity contribution in [3.05, 3.63) is 65.7 Å². The van der Waals surface area contributed by atoms with Gasteiger partial charge in [-0.2, -0.15) is 0 Å². The first-order valence-corrected chi connectivity index (χ1v) is 13.8. The Hall–Kier alpha value is -3.59. The van der Waals surface area contributed by atoms with E-state index >= 15 is 0 Å². The van der Waals surface area contributed by atoms with Crippen LogP contribution in [0.5, 0.6) is 5.75 Å². The van der Waals surface area contributed by atoms with E-state index in [1.54, 1.807) is 42.5 Å². The van der Waals surface area contributed by atoms with E-state index in [9.17, 15) is 45.0 Å². The van der Waals surface area contributed by atoms with Gasteiger partial charge in [0.25, 0.3) is 0 Å². The first-order chi connectivity index (χ1) is 20.0. The van der Waals surface area contributed by atoms with Crippen molar-refractivity contribution in [3.8, 4) is 5.75 Å². The van der Waals surface area contributed by atoms with Crippen LogP contribution >= 0.6 is 0 Å². The molecule has 2 amide bonds. The Morgan fingerprint density at radius 2 is 1.64 bits per heavy atom. The molecular weight excluding hydrogens is 550 g/mol. The molecule has 228 valence electrons. The minimum absolute atomic E-state index is 0.0233. The van der Waals surface area contributed by atoms with Crippen LogP contribution in [-0.2, 0) is 32.0 Å². The molecule has 0 spiro atoms. The number of carboxylic acids is 1. The van der Waals surface area contributed by atoms with Crippen LogP contribution in [0.2, 0.25) is 0 Å². The van der Waals surface area contributed by atoms with E-state index < -0.39 is 73.2 Å². The summed E-state index contributed by atoms with van der Waals surface area (Å²) in [5.41, 5.74) is 1.37. The number of amides is 2. The summed E-state index contributed by atoms with van der Waals surface area (Å²) in [7, 11) is 0. The van der Waals surface area contributed by atoms with Crippen LogP contribution in [0.25, 0.3) is 0 Å². The highest BCUT2D eigenvalue weighted by atomic mass is 16.7. The van der Waals surface area contributed by atoms with Gasteiger partial charge >= 0.3 is 5.97 Å². The Morgan fingerprint density at radius 1 is 1.00 bits per heavy atom. The van der Waals surface area contributed by atoms with Gasteiger partial charge in [-0.25, -0.2) is 4.79 Å². The molecule has 0 bridgehead atoms. The lowest BCUT2D eigenvalue weighted by Gasteiger charge is -2.32. The number of aliphatic carboxylic acids is 1. The largest absolute Gasteiger partial charge is 0.508 e. The lowest BCUT2D eigenvalue weighted by atomic mass is 10.0. The van der Waals surface area contributed by atoms with E-state index in [-0.39, 0.29) is 25.1 Å². The van der Waals surface area contributed by atoms with Crippen molar-refractivity contribution in [2.75, 3.05) is 19.7 Å². The molecule has 42 heavy (non-hydrogen) atoms. The molecule has 2 aromatic rings. The van der Waals surface area contributed by atoms with Crippen molar-refractivity contribution in [2.45, 2.75) is 67.9 Å². The van der Waals surface area contributed by atoms with E-state index in [0.29, 0.717) is 18.4 Å². The second-order valence-corrected chi connectivity index (χ2v) is 10.7. The predicted molar refractivity (Wildman–Crippen MR) is 147 cm³/mol. The first-order valence-electron chi connectivity index (χ1n) is 13.8. The van der Waals surface area contributed by atoms with Gasteiger partial charge in [-0.15, -0.1) is 0 Å². The van der Waals surface area contributed by atoms with Crippen molar-refractivity contribution < 1.29 is 49.8 Å². The molecule has 2 aliphatic heterocycles. The Morgan fingerprint density at radius 3 is 2.26 bits per heavy atom. The maximum atomic E-state index is 13.9. The van der Waals surface area contributed by atoms with Crippen LogP contribution in [0.15, 0.2) is 54.6 Å². The van der Waals surface area contributed by atoms with Gasteiger partial charge in [0.15, 0.2) is 0 Å².